The SMILES string of the molecule is CCC(CC)NC(=O)C(C)S(=O)c1ccc(F)cc1N. The van der Waals surface area contributed by atoms with Crippen LogP contribution in [0.4, 0.5) is 10.1 Å². The maximum absolute atomic E-state index is 13.0. The second kappa shape index (κ2) is 7.38. The molecule has 1 aromatic carbocycles. The van der Waals surface area contributed by atoms with Gasteiger partial charge in [-0.3, -0.25) is 9.00 Å². The number of hydrogen-bond acceptors (Lipinski definition) is 3. The smallest absolute Gasteiger partial charge is 0.236 e. The van der Waals surface area contributed by atoms with E-state index in [1.165, 1.54) is 12.1 Å². The van der Waals surface area contributed by atoms with Gasteiger partial charge in [0, 0.05) is 6.04 Å². The first-order valence-electron chi connectivity index (χ1n) is 6.66. The van der Waals surface area contributed by atoms with Gasteiger partial charge in [0.25, 0.3) is 0 Å². The second-order valence-corrected chi connectivity index (χ2v) is 6.39. The minimum absolute atomic E-state index is 0.0764. The lowest BCUT2D eigenvalue weighted by atomic mass is 10.2. The zero-order valence-corrected chi connectivity index (χ0v) is 12.8. The van der Waals surface area contributed by atoms with Crippen LogP contribution in [-0.2, 0) is 15.6 Å². The van der Waals surface area contributed by atoms with Crippen LogP contribution in [0.2, 0.25) is 0 Å². The molecule has 2 unspecified atom stereocenters. The average Bonchev–Trinajstić information content (AvgIpc) is 2.42. The Morgan fingerprint density at radius 3 is 2.50 bits per heavy atom. The minimum Gasteiger partial charge on any atom is -0.398 e. The number of amides is 1. The van der Waals surface area contributed by atoms with Crippen LogP contribution < -0.4 is 11.1 Å². The maximum Gasteiger partial charge on any atom is 0.236 e. The van der Waals surface area contributed by atoms with E-state index < -0.39 is 21.9 Å². The molecule has 6 heteroatoms. The van der Waals surface area contributed by atoms with Crippen molar-refractivity contribution in [3.8, 4) is 0 Å². The molecule has 1 rings (SSSR count). The number of nitrogens with two attached hydrogens (primary N) is 1. The maximum atomic E-state index is 13.0. The number of hydrogen-bond donors (Lipinski definition) is 2. The van der Waals surface area contributed by atoms with Gasteiger partial charge in [0.15, 0.2) is 0 Å². The summed E-state index contributed by atoms with van der Waals surface area (Å²) in [4.78, 5) is 12.3. The van der Waals surface area contributed by atoms with E-state index in [4.69, 9.17) is 5.73 Å². The highest BCUT2D eigenvalue weighted by Crippen LogP contribution is 2.20. The molecule has 0 heterocycles. The van der Waals surface area contributed by atoms with Crippen molar-refractivity contribution in [3.05, 3.63) is 24.0 Å². The summed E-state index contributed by atoms with van der Waals surface area (Å²) in [5.41, 5.74) is 5.75. The third-order valence-electron chi connectivity index (χ3n) is 3.21. The van der Waals surface area contributed by atoms with Crippen molar-refractivity contribution in [1.82, 2.24) is 5.32 Å². The number of halogens is 1. The summed E-state index contributed by atoms with van der Waals surface area (Å²) in [7, 11) is -1.60. The van der Waals surface area contributed by atoms with Crippen molar-refractivity contribution >= 4 is 22.4 Å². The van der Waals surface area contributed by atoms with Crippen LogP contribution in [0.3, 0.4) is 0 Å². The van der Waals surface area contributed by atoms with Gasteiger partial charge < -0.3 is 11.1 Å². The van der Waals surface area contributed by atoms with Crippen molar-refractivity contribution in [2.75, 3.05) is 5.73 Å². The van der Waals surface area contributed by atoms with Crippen LogP contribution in [-0.4, -0.2) is 21.4 Å². The molecule has 3 N–H and O–H groups in total. The van der Waals surface area contributed by atoms with Crippen LogP contribution in [0.1, 0.15) is 33.6 Å². The van der Waals surface area contributed by atoms with Crippen LogP contribution in [0.5, 0.6) is 0 Å². The molecule has 0 aromatic heterocycles. The third-order valence-corrected chi connectivity index (χ3v) is 4.87. The molecular weight excluding hydrogens is 279 g/mol. The molecule has 4 nitrogen and oxygen atoms in total. The molecule has 1 amide bonds. The van der Waals surface area contributed by atoms with Gasteiger partial charge in [-0.05, 0) is 38.0 Å². The number of carbonyl (C=O) groups excluding carboxylic acids is 1. The lowest BCUT2D eigenvalue weighted by Gasteiger charge is -2.18. The van der Waals surface area contributed by atoms with E-state index in [-0.39, 0.29) is 17.6 Å². The Balaban J connectivity index is 2.83. The zero-order chi connectivity index (χ0) is 15.3. The van der Waals surface area contributed by atoms with Crippen LogP contribution >= 0.6 is 0 Å². The molecule has 0 bridgehead atoms. The van der Waals surface area contributed by atoms with Crippen molar-refractivity contribution in [2.45, 2.75) is 49.8 Å². The molecule has 0 saturated carbocycles. The Kier molecular flexibility index (Phi) is 6.13. The Bertz CT molecular complexity index is 504. The van der Waals surface area contributed by atoms with E-state index in [1.54, 1.807) is 6.92 Å². The van der Waals surface area contributed by atoms with Crippen LogP contribution in [0, 0.1) is 5.82 Å². The van der Waals surface area contributed by atoms with Gasteiger partial charge in [-0.1, -0.05) is 13.8 Å². The fourth-order valence-electron chi connectivity index (χ4n) is 1.80. The fraction of sp³-hybridized carbons (Fsp3) is 0.500. The quantitative estimate of drug-likeness (QED) is 0.791. The standard InChI is InChI=1S/C14H21FN2O2S/c1-4-11(5-2)17-14(18)9(3)20(19)13-7-6-10(15)8-12(13)16/h6-9,11H,4-5,16H2,1-3H3,(H,17,18). The van der Waals surface area contributed by atoms with Crippen molar-refractivity contribution in [3.63, 3.8) is 0 Å². The highest BCUT2D eigenvalue weighted by molar-refractivity contribution is 7.86. The van der Waals surface area contributed by atoms with Crippen molar-refractivity contribution < 1.29 is 13.4 Å². The Labute approximate surface area is 121 Å². The monoisotopic (exact) mass is 300 g/mol. The van der Waals surface area contributed by atoms with E-state index >= 15 is 0 Å². The summed E-state index contributed by atoms with van der Waals surface area (Å²) in [6.07, 6.45) is 1.64. The largest absolute Gasteiger partial charge is 0.398 e. The highest BCUT2D eigenvalue weighted by Gasteiger charge is 2.24. The molecule has 20 heavy (non-hydrogen) atoms. The summed E-state index contributed by atoms with van der Waals surface area (Å²) in [5.74, 6) is -0.766. The first kappa shape index (κ1) is 16.6. The number of benzene rings is 1. The molecule has 1 aromatic rings. The molecule has 0 fully saturated rings. The van der Waals surface area contributed by atoms with Gasteiger partial charge in [0.05, 0.1) is 21.4 Å². The predicted molar refractivity (Wildman–Crippen MR) is 79.2 cm³/mol. The molecule has 0 aliphatic rings. The van der Waals surface area contributed by atoms with E-state index in [0.29, 0.717) is 4.90 Å². The molecule has 0 radical (unpaired) electrons. The lowest BCUT2D eigenvalue weighted by molar-refractivity contribution is -0.121. The summed E-state index contributed by atoms with van der Waals surface area (Å²) in [6, 6.07) is 3.74. The van der Waals surface area contributed by atoms with Gasteiger partial charge in [0.2, 0.25) is 5.91 Å². The van der Waals surface area contributed by atoms with Gasteiger partial charge in [-0.2, -0.15) is 0 Å². The van der Waals surface area contributed by atoms with Crippen molar-refractivity contribution in [1.29, 1.82) is 0 Å². The van der Waals surface area contributed by atoms with E-state index in [0.717, 1.165) is 18.9 Å². The van der Waals surface area contributed by atoms with E-state index in [9.17, 15) is 13.4 Å². The topological polar surface area (TPSA) is 72.2 Å². The van der Waals surface area contributed by atoms with Gasteiger partial charge in [-0.15, -0.1) is 0 Å². The predicted octanol–water partition coefficient (Wildman–Crippen LogP) is 2.21. The normalized spacial score (nSPS) is 14.1. The minimum atomic E-state index is -1.60. The average molecular weight is 300 g/mol. The van der Waals surface area contributed by atoms with E-state index in [1.807, 2.05) is 13.8 Å². The van der Waals surface area contributed by atoms with Gasteiger partial charge >= 0.3 is 0 Å². The highest BCUT2D eigenvalue weighted by atomic mass is 32.2. The third kappa shape index (κ3) is 4.03. The molecule has 0 saturated heterocycles. The van der Waals surface area contributed by atoms with Gasteiger partial charge in [-0.25, -0.2) is 4.39 Å². The zero-order valence-electron chi connectivity index (χ0n) is 12.0. The number of anilines is 1. The number of carbonyl (C=O) groups is 1. The van der Waals surface area contributed by atoms with Gasteiger partial charge in [0.1, 0.15) is 11.1 Å². The first-order chi connectivity index (χ1) is 9.40. The van der Waals surface area contributed by atoms with Crippen LogP contribution in [0.15, 0.2) is 23.1 Å². The molecule has 2 atom stereocenters. The summed E-state index contributed by atoms with van der Waals surface area (Å²) in [6.45, 7) is 5.54. The molecule has 0 aliphatic carbocycles. The van der Waals surface area contributed by atoms with Crippen molar-refractivity contribution in [2.24, 2.45) is 0 Å². The Morgan fingerprint density at radius 2 is 2.00 bits per heavy atom. The number of rotatable bonds is 6. The summed E-state index contributed by atoms with van der Waals surface area (Å²) in [5, 5.41) is 2.12. The Morgan fingerprint density at radius 1 is 1.40 bits per heavy atom. The summed E-state index contributed by atoms with van der Waals surface area (Å²) >= 11 is 0. The fourth-order valence-corrected chi connectivity index (χ4v) is 2.94. The lowest BCUT2D eigenvalue weighted by Crippen LogP contribution is -2.41. The van der Waals surface area contributed by atoms with Crippen LogP contribution in [0.25, 0.3) is 0 Å². The molecule has 112 valence electrons. The molecule has 0 spiro atoms. The van der Waals surface area contributed by atoms with E-state index in [2.05, 4.69) is 5.32 Å². The molecular formula is C14H21FN2O2S. The second-order valence-electron chi connectivity index (χ2n) is 4.64. The number of nitrogen functional groups attached to an aromatic ring is 1. The number of nitrogens with one attached hydrogen (secondary N) is 1. The molecule has 0 aliphatic heterocycles. The first-order valence-corrected chi connectivity index (χ1v) is 7.87. The Hall–Kier alpha value is -1.43. The summed E-state index contributed by atoms with van der Waals surface area (Å²) < 4.78 is 25.3.